The lowest BCUT2D eigenvalue weighted by Gasteiger charge is -2.38. The van der Waals surface area contributed by atoms with Crippen LogP contribution in [-0.4, -0.2) is 37.4 Å². The van der Waals surface area contributed by atoms with Crippen molar-refractivity contribution in [3.63, 3.8) is 0 Å². The molecule has 0 aromatic heterocycles. The van der Waals surface area contributed by atoms with Gasteiger partial charge in [0.1, 0.15) is 11.4 Å². The second-order valence-electron chi connectivity index (χ2n) is 8.69. The zero-order valence-electron chi connectivity index (χ0n) is 18.5. The summed E-state index contributed by atoms with van der Waals surface area (Å²) in [5.41, 5.74) is -0.330. The molecule has 1 amide bonds. The van der Waals surface area contributed by atoms with Gasteiger partial charge in [0.25, 0.3) is 5.91 Å². The minimum absolute atomic E-state index is 0.0792. The van der Waals surface area contributed by atoms with Gasteiger partial charge in [0, 0.05) is 25.8 Å². The highest BCUT2D eigenvalue weighted by molar-refractivity contribution is 6.32. The molecule has 6 heteroatoms. The maximum absolute atomic E-state index is 13.1. The predicted octanol–water partition coefficient (Wildman–Crippen LogP) is 5.85. The van der Waals surface area contributed by atoms with E-state index in [-0.39, 0.29) is 11.5 Å². The summed E-state index contributed by atoms with van der Waals surface area (Å²) in [4.78, 5) is 13.1. The Morgan fingerprint density at radius 2 is 1.97 bits per heavy atom. The number of carbonyl (C=O) groups is 1. The number of hydrogen-bond donors (Lipinski definition) is 1. The molecule has 1 saturated carbocycles. The van der Waals surface area contributed by atoms with Gasteiger partial charge in [-0.3, -0.25) is 4.79 Å². The highest BCUT2D eigenvalue weighted by Gasteiger charge is 2.42. The molecule has 0 atom stereocenters. The van der Waals surface area contributed by atoms with E-state index in [2.05, 4.69) is 19.2 Å². The first-order valence-corrected chi connectivity index (χ1v) is 11.0. The highest BCUT2D eigenvalue weighted by atomic mass is 35.5. The fourth-order valence-electron chi connectivity index (χ4n) is 3.41. The number of halogens is 1. The Balaban J connectivity index is 2.01. The van der Waals surface area contributed by atoms with Gasteiger partial charge in [-0.1, -0.05) is 25.4 Å². The molecule has 0 heterocycles. The van der Waals surface area contributed by atoms with Crippen molar-refractivity contribution in [2.45, 2.75) is 77.4 Å². The molecule has 1 aromatic rings. The Morgan fingerprint density at radius 3 is 2.55 bits per heavy atom. The van der Waals surface area contributed by atoms with Crippen LogP contribution in [0.3, 0.4) is 0 Å². The summed E-state index contributed by atoms with van der Waals surface area (Å²) in [7, 11) is 1.69. The summed E-state index contributed by atoms with van der Waals surface area (Å²) in [5.74, 6) is 1.15. The normalized spacial score (nSPS) is 22.3. The molecule has 0 unspecified atom stereocenters. The van der Waals surface area contributed by atoms with E-state index in [9.17, 15) is 4.79 Å². The Labute approximate surface area is 180 Å². The molecule has 1 N–H and O–H groups in total. The van der Waals surface area contributed by atoms with Crippen molar-refractivity contribution in [2.24, 2.45) is 5.92 Å². The number of ether oxygens (including phenoxy) is 3. The third-order valence-electron chi connectivity index (χ3n) is 5.78. The van der Waals surface area contributed by atoms with Crippen LogP contribution in [0, 0.1) is 5.92 Å². The Kier molecular flexibility index (Phi) is 8.80. The molecule has 0 radical (unpaired) electrons. The molecule has 2 rings (SSSR count). The van der Waals surface area contributed by atoms with E-state index in [1.165, 1.54) is 0 Å². The van der Waals surface area contributed by atoms with Gasteiger partial charge >= 0.3 is 0 Å². The maximum atomic E-state index is 13.1. The van der Waals surface area contributed by atoms with Gasteiger partial charge in [0.15, 0.2) is 0 Å². The van der Waals surface area contributed by atoms with Crippen LogP contribution in [0.2, 0.25) is 5.02 Å². The lowest BCUT2D eigenvalue weighted by molar-refractivity contribution is -0.147. The summed E-state index contributed by atoms with van der Waals surface area (Å²) in [6, 6.07) is 5.34. The van der Waals surface area contributed by atoms with Crippen molar-refractivity contribution in [1.29, 1.82) is 0 Å². The quantitative estimate of drug-likeness (QED) is 0.511. The van der Waals surface area contributed by atoms with Crippen molar-refractivity contribution in [3.8, 4) is 5.75 Å². The molecule has 1 aliphatic rings. The number of nitrogens with one attached hydrogen (secondary N) is 1. The summed E-state index contributed by atoms with van der Waals surface area (Å²) in [5, 5.41) is 3.48. The number of benzene rings is 1. The average molecular weight is 426 g/mol. The van der Waals surface area contributed by atoms with E-state index < -0.39 is 5.60 Å². The fraction of sp³-hybridized carbons (Fsp3) is 0.696. The molecule has 1 aliphatic carbocycles. The van der Waals surface area contributed by atoms with Crippen LogP contribution in [0.5, 0.6) is 5.75 Å². The number of hydrogen-bond acceptors (Lipinski definition) is 4. The lowest BCUT2D eigenvalue weighted by atomic mass is 9.78. The second kappa shape index (κ2) is 10.6. The largest absolute Gasteiger partial charge is 0.492 e. The van der Waals surface area contributed by atoms with Crippen molar-refractivity contribution >= 4 is 23.2 Å². The first kappa shape index (κ1) is 24.0. The van der Waals surface area contributed by atoms with Crippen LogP contribution < -0.4 is 10.1 Å². The van der Waals surface area contributed by atoms with Gasteiger partial charge < -0.3 is 19.5 Å². The summed E-state index contributed by atoms with van der Waals surface area (Å²) < 4.78 is 17.3. The van der Waals surface area contributed by atoms with E-state index in [1.54, 1.807) is 19.2 Å². The van der Waals surface area contributed by atoms with Crippen LogP contribution in [0.1, 0.15) is 66.2 Å². The summed E-state index contributed by atoms with van der Waals surface area (Å²) in [6.45, 7) is 9.40. The minimum Gasteiger partial charge on any atom is -0.492 e. The third kappa shape index (κ3) is 6.87. The molecule has 29 heavy (non-hydrogen) atoms. The van der Waals surface area contributed by atoms with Crippen LogP contribution in [0.25, 0.3) is 0 Å². The molecule has 0 aliphatic heterocycles. The zero-order valence-corrected chi connectivity index (χ0v) is 19.2. The van der Waals surface area contributed by atoms with Gasteiger partial charge in [0.2, 0.25) is 0 Å². The van der Waals surface area contributed by atoms with E-state index in [0.29, 0.717) is 35.6 Å². The first-order valence-electron chi connectivity index (χ1n) is 10.6. The SMILES string of the molecule is CCCOC1(C(=O)Nc2ccc(OCCC(C)(C)OC)c(Cl)c2)CCC(C)CC1. The number of anilines is 1. The minimum atomic E-state index is -0.740. The van der Waals surface area contributed by atoms with Crippen molar-refractivity contribution in [2.75, 3.05) is 25.6 Å². The van der Waals surface area contributed by atoms with Crippen molar-refractivity contribution < 1.29 is 19.0 Å². The van der Waals surface area contributed by atoms with E-state index >= 15 is 0 Å². The Bertz CT molecular complexity index is 663. The van der Waals surface area contributed by atoms with Gasteiger partial charge in [-0.15, -0.1) is 0 Å². The molecule has 1 fully saturated rings. The molecular weight excluding hydrogens is 390 g/mol. The summed E-state index contributed by atoms with van der Waals surface area (Å²) >= 11 is 6.38. The molecular formula is C23H36ClNO4. The Morgan fingerprint density at radius 1 is 1.28 bits per heavy atom. The maximum Gasteiger partial charge on any atom is 0.256 e. The number of rotatable bonds is 10. The molecule has 1 aromatic carbocycles. The van der Waals surface area contributed by atoms with Crippen LogP contribution in [-0.2, 0) is 14.3 Å². The van der Waals surface area contributed by atoms with Gasteiger partial charge in [-0.2, -0.15) is 0 Å². The molecule has 0 bridgehead atoms. The van der Waals surface area contributed by atoms with Crippen molar-refractivity contribution in [3.05, 3.63) is 23.2 Å². The first-order chi connectivity index (χ1) is 13.7. The number of methoxy groups -OCH3 is 1. The van der Waals surface area contributed by atoms with Crippen LogP contribution in [0.4, 0.5) is 5.69 Å². The lowest BCUT2D eigenvalue weighted by Crippen LogP contribution is -2.48. The van der Waals surface area contributed by atoms with Gasteiger partial charge in [-0.25, -0.2) is 0 Å². The Hall–Kier alpha value is -1.30. The molecule has 0 saturated heterocycles. The smallest absolute Gasteiger partial charge is 0.256 e. The monoisotopic (exact) mass is 425 g/mol. The molecule has 5 nitrogen and oxygen atoms in total. The standard InChI is InChI=1S/C23H36ClNO4/c1-6-14-29-23(11-9-17(2)10-12-23)21(26)25-18-7-8-20(19(24)16-18)28-15-13-22(3,4)27-5/h7-8,16-17H,6,9-15H2,1-5H3,(H,25,26). The van der Waals surface area contributed by atoms with E-state index in [4.69, 9.17) is 25.8 Å². The van der Waals surface area contributed by atoms with Gasteiger partial charge in [-0.05, 0) is 70.1 Å². The fourth-order valence-corrected chi connectivity index (χ4v) is 3.65. The zero-order chi connectivity index (χ0) is 21.5. The van der Waals surface area contributed by atoms with E-state index in [1.807, 2.05) is 19.9 Å². The molecule has 164 valence electrons. The average Bonchev–Trinajstić information content (AvgIpc) is 2.69. The second-order valence-corrected chi connectivity index (χ2v) is 9.09. The number of amides is 1. The number of carbonyl (C=O) groups excluding carboxylic acids is 1. The van der Waals surface area contributed by atoms with E-state index in [0.717, 1.165) is 38.5 Å². The summed E-state index contributed by atoms with van der Waals surface area (Å²) in [6.07, 6.45) is 5.15. The molecule has 0 spiro atoms. The topological polar surface area (TPSA) is 56.8 Å². The van der Waals surface area contributed by atoms with Crippen molar-refractivity contribution in [1.82, 2.24) is 0 Å². The third-order valence-corrected chi connectivity index (χ3v) is 6.08. The van der Waals surface area contributed by atoms with Crippen LogP contribution in [0.15, 0.2) is 18.2 Å². The van der Waals surface area contributed by atoms with Crippen LogP contribution >= 0.6 is 11.6 Å². The van der Waals surface area contributed by atoms with Gasteiger partial charge in [0.05, 0.1) is 17.2 Å². The predicted molar refractivity (Wildman–Crippen MR) is 118 cm³/mol. The highest BCUT2D eigenvalue weighted by Crippen LogP contribution is 2.36.